The Hall–Kier alpha value is -1.01. The van der Waals surface area contributed by atoms with Crippen LogP contribution in [0.4, 0.5) is 0 Å². The van der Waals surface area contributed by atoms with Crippen molar-refractivity contribution in [3.63, 3.8) is 0 Å². The Morgan fingerprint density at radius 3 is 2.60 bits per heavy atom. The van der Waals surface area contributed by atoms with Crippen molar-refractivity contribution in [1.29, 1.82) is 0 Å². The Balaban J connectivity index is 0.00000288. The molecule has 1 heterocycles. The highest BCUT2D eigenvalue weighted by atomic mass is 35.5. The van der Waals surface area contributed by atoms with E-state index in [1.807, 2.05) is 38.4 Å². The maximum atomic E-state index is 11.9. The number of ether oxygens (including phenoxy) is 1. The van der Waals surface area contributed by atoms with Crippen LogP contribution in [0, 0.1) is 5.92 Å². The molecule has 5 nitrogen and oxygen atoms in total. The molecule has 1 aromatic carbocycles. The molecular formula is C18H31Cl2N3O2. The lowest BCUT2D eigenvalue weighted by atomic mass is 10.0. The molecule has 2 N–H and O–H groups in total. The molecule has 144 valence electrons. The quantitative estimate of drug-likeness (QED) is 0.678. The third-order valence-corrected chi connectivity index (χ3v) is 4.16. The van der Waals surface area contributed by atoms with Crippen molar-refractivity contribution in [2.75, 3.05) is 40.3 Å². The van der Waals surface area contributed by atoms with Gasteiger partial charge in [0, 0.05) is 19.5 Å². The summed E-state index contributed by atoms with van der Waals surface area (Å²) in [5.74, 6) is 1.68. The van der Waals surface area contributed by atoms with E-state index in [1.165, 1.54) is 6.42 Å². The number of nitrogens with one attached hydrogen (secondary N) is 2. The van der Waals surface area contributed by atoms with Crippen molar-refractivity contribution in [2.45, 2.75) is 25.8 Å². The van der Waals surface area contributed by atoms with Crippen molar-refractivity contribution < 1.29 is 9.53 Å². The van der Waals surface area contributed by atoms with Crippen LogP contribution in [0.2, 0.25) is 0 Å². The lowest BCUT2D eigenvalue weighted by Gasteiger charge is -2.11. The predicted octanol–water partition coefficient (Wildman–Crippen LogP) is 2.48. The van der Waals surface area contributed by atoms with Crippen LogP contribution in [-0.2, 0) is 11.3 Å². The molecule has 1 aliphatic rings. The standard InChI is InChI=1S/C18H29N3O2.2ClH/c1-21(2)11-12-23-17-6-3-15(4-7-17)14-20-18(22)8-5-16-9-10-19-13-16;;/h3-4,6-7,16,19H,5,8-14H2,1-2H3,(H,20,22);2*1H. The fourth-order valence-electron chi connectivity index (χ4n) is 2.63. The van der Waals surface area contributed by atoms with Gasteiger partial charge < -0.3 is 20.3 Å². The first-order valence-electron chi connectivity index (χ1n) is 8.47. The Morgan fingerprint density at radius 2 is 2.00 bits per heavy atom. The minimum atomic E-state index is 0. The molecule has 1 atom stereocenters. The zero-order valence-electron chi connectivity index (χ0n) is 15.1. The van der Waals surface area contributed by atoms with Gasteiger partial charge in [0.1, 0.15) is 12.4 Å². The molecular weight excluding hydrogens is 361 g/mol. The molecule has 1 fully saturated rings. The van der Waals surface area contributed by atoms with E-state index < -0.39 is 0 Å². The van der Waals surface area contributed by atoms with E-state index in [2.05, 4.69) is 15.5 Å². The largest absolute Gasteiger partial charge is 0.492 e. The summed E-state index contributed by atoms with van der Waals surface area (Å²) in [6, 6.07) is 7.93. The van der Waals surface area contributed by atoms with Gasteiger partial charge in [0.05, 0.1) is 0 Å². The van der Waals surface area contributed by atoms with E-state index in [4.69, 9.17) is 4.74 Å². The fourth-order valence-corrected chi connectivity index (χ4v) is 2.63. The van der Waals surface area contributed by atoms with Gasteiger partial charge in [0.15, 0.2) is 0 Å². The molecule has 0 aromatic heterocycles. The lowest BCUT2D eigenvalue weighted by Crippen LogP contribution is -2.23. The highest BCUT2D eigenvalue weighted by Crippen LogP contribution is 2.14. The van der Waals surface area contributed by atoms with Crippen LogP contribution in [-0.4, -0.2) is 51.1 Å². The molecule has 7 heteroatoms. The lowest BCUT2D eigenvalue weighted by molar-refractivity contribution is -0.121. The number of benzene rings is 1. The summed E-state index contributed by atoms with van der Waals surface area (Å²) in [6.45, 7) is 4.31. The first kappa shape index (κ1) is 24.0. The molecule has 0 saturated carbocycles. The second-order valence-corrected chi connectivity index (χ2v) is 6.47. The number of amides is 1. The second kappa shape index (κ2) is 13.2. The predicted molar refractivity (Wildman–Crippen MR) is 107 cm³/mol. The van der Waals surface area contributed by atoms with Gasteiger partial charge in [-0.15, -0.1) is 24.8 Å². The van der Waals surface area contributed by atoms with Crippen molar-refractivity contribution in [1.82, 2.24) is 15.5 Å². The van der Waals surface area contributed by atoms with E-state index in [9.17, 15) is 4.79 Å². The third kappa shape index (κ3) is 9.90. The number of halogens is 2. The first-order valence-corrected chi connectivity index (χ1v) is 8.47. The number of hydrogen-bond acceptors (Lipinski definition) is 4. The van der Waals surface area contributed by atoms with Crippen molar-refractivity contribution in [2.24, 2.45) is 5.92 Å². The summed E-state index contributed by atoms with van der Waals surface area (Å²) >= 11 is 0. The summed E-state index contributed by atoms with van der Waals surface area (Å²) in [6.07, 6.45) is 2.80. The second-order valence-electron chi connectivity index (χ2n) is 6.47. The monoisotopic (exact) mass is 391 g/mol. The molecule has 0 spiro atoms. The summed E-state index contributed by atoms with van der Waals surface area (Å²) < 4.78 is 5.66. The zero-order chi connectivity index (χ0) is 16.5. The Labute approximate surface area is 163 Å². The van der Waals surface area contributed by atoms with Crippen LogP contribution in [0.5, 0.6) is 5.75 Å². The van der Waals surface area contributed by atoms with E-state index in [1.54, 1.807) is 0 Å². The van der Waals surface area contributed by atoms with Crippen LogP contribution in [0.25, 0.3) is 0 Å². The van der Waals surface area contributed by atoms with Crippen LogP contribution in [0.1, 0.15) is 24.8 Å². The van der Waals surface area contributed by atoms with Crippen molar-refractivity contribution >= 4 is 30.7 Å². The number of carbonyl (C=O) groups excluding carboxylic acids is 1. The first-order chi connectivity index (χ1) is 11.1. The maximum absolute atomic E-state index is 11.9. The van der Waals surface area contributed by atoms with Gasteiger partial charge in [-0.3, -0.25) is 4.79 Å². The average molecular weight is 392 g/mol. The van der Waals surface area contributed by atoms with Crippen LogP contribution < -0.4 is 15.4 Å². The molecule has 0 radical (unpaired) electrons. The fraction of sp³-hybridized carbons (Fsp3) is 0.611. The van der Waals surface area contributed by atoms with E-state index in [0.717, 1.165) is 37.4 Å². The molecule has 25 heavy (non-hydrogen) atoms. The van der Waals surface area contributed by atoms with Gasteiger partial charge in [0.2, 0.25) is 5.91 Å². The Kier molecular flexibility index (Phi) is 12.7. The summed E-state index contributed by atoms with van der Waals surface area (Å²) in [4.78, 5) is 14.0. The molecule has 0 bridgehead atoms. The molecule has 1 aromatic rings. The summed E-state index contributed by atoms with van der Waals surface area (Å²) in [5, 5.41) is 6.33. The Morgan fingerprint density at radius 1 is 1.28 bits per heavy atom. The molecule has 1 unspecified atom stereocenters. The number of hydrogen-bond donors (Lipinski definition) is 2. The summed E-state index contributed by atoms with van der Waals surface area (Å²) in [5.41, 5.74) is 1.10. The van der Waals surface area contributed by atoms with Gasteiger partial charge in [0.25, 0.3) is 0 Å². The van der Waals surface area contributed by atoms with Gasteiger partial charge in [-0.05, 0) is 63.6 Å². The minimum Gasteiger partial charge on any atom is -0.492 e. The molecule has 1 aliphatic heterocycles. The van der Waals surface area contributed by atoms with Crippen molar-refractivity contribution in [3.05, 3.63) is 29.8 Å². The van der Waals surface area contributed by atoms with Crippen LogP contribution >= 0.6 is 24.8 Å². The van der Waals surface area contributed by atoms with Gasteiger partial charge >= 0.3 is 0 Å². The average Bonchev–Trinajstić information content (AvgIpc) is 3.05. The number of likely N-dealkylation sites (N-methyl/N-ethyl adjacent to an activating group) is 1. The summed E-state index contributed by atoms with van der Waals surface area (Å²) in [7, 11) is 4.05. The van der Waals surface area contributed by atoms with E-state index >= 15 is 0 Å². The molecule has 2 rings (SSSR count). The highest BCUT2D eigenvalue weighted by molar-refractivity contribution is 5.85. The van der Waals surface area contributed by atoms with Crippen LogP contribution in [0.3, 0.4) is 0 Å². The minimum absolute atomic E-state index is 0. The zero-order valence-corrected chi connectivity index (χ0v) is 16.8. The van der Waals surface area contributed by atoms with Gasteiger partial charge in [-0.1, -0.05) is 12.1 Å². The maximum Gasteiger partial charge on any atom is 0.220 e. The number of rotatable bonds is 9. The van der Waals surface area contributed by atoms with Crippen LogP contribution in [0.15, 0.2) is 24.3 Å². The van der Waals surface area contributed by atoms with E-state index in [-0.39, 0.29) is 30.7 Å². The third-order valence-electron chi connectivity index (χ3n) is 4.16. The van der Waals surface area contributed by atoms with Gasteiger partial charge in [-0.2, -0.15) is 0 Å². The normalized spacial score (nSPS) is 16.0. The van der Waals surface area contributed by atoms with E-state index in [0.29, 0.717) is 25.5 Å². The number of nitrogens with zero attached hydrogens (tertiary/aromatic N) is 1. The molecule has 1 saturated heterocycles. The highest BCUT2D eigenvalue weighted by Gasteiger charge is 2.15. The Bertz CT molecular complexity index is 478. The van der Waals surface area contributed by atoms with Gasteiger partial charge in [-0.25, -0.2) is 0 Å². The smallest absolute Gasteiger partial charge is 0.220 e. The topological polar surface area (TPSA) is 53.6 Å². The SMILES string of the molecule is CN(C)CCOc1ccc(CNC(=O)CCC2CCNC2)cc1.Cl.Cl. The van der Waals surface area contributed by atoms with Crippen molar-refractivity contribution in [3.8, 4) is 5.75 Å². The molecule has 0 aliphatic carbocycles. The molecule has 1 amide bonds. The number of carbonyl (C=O) groups is 1.